The molecule has 14 rings (SSSR count). The van der Waals surface area contributed by atoms with Crippen LogP contribution in [0.3, 0.4) is 0 Å². The van der Waals surface area contributed by atoms with E-state index in [1.165, 1.54) is 46.0 Å². The molecule has 2 saturated heterocycles. The molecule has 4 atom stereocenters. The van der Waals surface area contributed by atoms with Gasteiger partial charge in [-0.1, -0.05) is 140 Å². The van der Waals surface area contributed by atoms with Crippen molar-refractivity contribution in [1.29, 1.82) is 10.5 Å². The van der Waals surface area contributed by atoms with Crippen molar-refractivity contribution in [1.82, 2.24) is 23.3 Å². The van der Waals surface area contributed by atoms with E-state index >= 15 is 0 Å². The Morgan fingerprint density at radius 1 is 0.528 bits per heavy atom. The minimum atomic E-state index is -3.59. The van der Waals surface area contributed by atoms with Crippen LogP contribution in [0.4, 0.5) is 5.69 Å². The molecule has 9 aromatic rings. The third kappa shape index (κ3) is 15.5. The van der Waals surface area contributed by atoms with E-state index in [-0.39, 0.29) is 63.1 Å². The molecule has 2 aromatic heterocycles. The van der Waals surface area contributed by atoms with Crippen molar-refractivity contribution in [2.24, 2.45) is 55.8 Å². The number of rotatable bonds is 17. The lowest BCUT2D eigenvalue weighted by Crippen LogP contribution is -2.57. The van der Waals surface area contributed by atoms with E-state index in [2.05, 4.69) is 17.5 Å². The fourth-order valence-corrected chi connectivity index (χ4v) is 20.1. The Kier molecular flexibility index (Phi) is 22.9. The first-order valence-electron chi connectivity index (χ1n) is 35.6. The van der Waals surface area contributed by atoms with Crippen LogP contribution in [0.25, 0.3) is 22.3 Å². The molecule has 108 heavy (non-hydrogen) atoms. The molecule has 0 saturated carbocycles. The predicted octanol–water partition coefficient (Wildman–Crippen LogP) is 12.0. The fourth-order valence-electron chi connectivity index (χ4n) is 15.0. The summed E-state index contributed by atoms with van der Waals surface area (Å²) >= 11 is 3.03. The molecule has 26 heteroatoms. The summed E-state index contributed by atoms with van der Waals surface area (Å²) in [5.41, 5.74) is 23.8. The van der Waals surface area contributed by atoms with Crippen molar-refractivity contribution in [3.8, 4) is 34.4 Å². The van der Waals surface area contributed by atoms with Gasteiger partial charge in [0.1, 0.15) is 11.1 Å². The number of nitriles is 2. The standard InChI is InChI=1S/2C28H29N5O3S2.C26H26N4O2/c2*1-28(24-16-22(18-37-24)21-8-6-7-19(15-21)17-29)25(26(34)32(2)27(30)31-28)20-11-13-33(14-12-20)38(35,36)23-9-4-3-5-10-23;1-2-9-23(31)28-22-16-14-19(15-17-22)18-30-24(32)26(29-25(30)27,20-10-5-3-6-11-20)21-12-7-4-8-13-21/h2*3-10,15-16,18,20,25H,11-14H2,1-2H3,(H2,30,31);3-8,10-17H,2,9,18H2,1H3,(H2,27,29)(H,28,31)/t25-,28+;25-,28-;/m01./s1. The molecule has 0 spiro atoms. The molecule has 5 aliphatic rings. The summed E-state index contributed by atoms with van der Waals surface area (Å²) in [7, 11) is -3.92. The highest BCUT2D eigenvalue weighted by Gasteiger charge is 2.54. The van der Waals surface area contributed by atoms with Crippen LogP contribution < -0.4 is 22.5 Å². The van der Waals surface area contributed by atoms with E-state index in [9.17, 15) is 46.5 Å². The maximum atomic E-state index is 13.8. The van der Waals surface area contributed by atoms with E-state index in [0.29, 0.717) is 76.0 Å². The molecule has 0 radical (unpaired) electrons. The van der Waals surface area contributed by atoms with Crippen LogP contribution in [-0.4, -0.2) is 122 Å². The van der Waals surface area contributed by atoms with Gasteiger partial charge in [-0.05, 0) is 180 Å². The van der Waals surface area contributed by atoms with E-state index in [0.717, 1.165) is 60.8 Å². The van der Waals surface area contributed by atoms with Crippen molar-refractivity contribution in [3.63, 3.8) is 0 Å². The number of aliphatic imine (C=N–C) groups is 3. The summed E-state index contributed by atoms with van der Waals surface area (Å²) in [6, 6.07) is 66.5. The summed E-state index contributed by atoms with van der Waals surface area (Å²) in [5, 5.41) is 25.5. The first-order chi connectivity index (χ1) is 51.8. The second-order valence-corrected chi connectivity index (χ2v) is 33.4. The Morgan fingerprint density at radius 3 is 1.31 bits per heavy atom. The molecule has 7 N–H and O–H groups in total. The van der Waals surface area contributed by atoms with Gasteiger partial charge in [0.05, 0.1) is 51.4 Å². The van der Waals surface area contributed by atoms with Gasteiger partial charge in [0.25, 0.3) is 5.91 Å². The van der Waals surface area contributed by atoms with Crippen LogP contribution in [0.15, 0.2) is 242 Å². The van der Waals surface area contributed by atoms with Gasteiger partial charge in [0.15, 0.2) is 23.4 Å². The van der Waals surface area contributed by atoms with Crippen LogP contribution in [0.1, 0.15) is 96.9 Å². The number of carbonyl (C=O) groups excluding carboxylic acids is 4. The number of nitrogens with two attached hydrogens (primary N) is 3. The summed E-state index contributed by atoms with van der Waals surface area (Å²) in [6.07, 6.45) is 3.46. The molecule has 2 fully saturated rings. The molecule has 7 aromatic carbocycles. The number of amides is 4. The van der Waals surface area contributed by atoms with Gasteiger partial charge in [0.2, 0.25) is 37.8 Å². The summed E-state index contributed by atoms with van der Waals surface area (Å²) < 4.78 is 55.6. The minimum Gasteiger partial charge on any atom is -0.369 e. The Balaban J connectivity index is 0.000000152. The van der Waals surface area contributed by atoms with Crippen LogP contribution in [0.5, 0.6) is 0 Å². The van der Waals surface area contributed by atoms with Crippen molar-refractivity contribution in [2.45, 2.75) is 92.2 Å². The first-order valence-corrected chi connectivity index (χ1v) is 40.2. The fraction of sp³-hybridized carbons (Fsp3) is 0.280. The number of benzene rings is 7. The van der Waals surface area contributed by atoms with Gasteiger partial charge >= 0.3 is 0 Å². The summed E-state index contributed by atoms with van der Waals surface area (Å²) in [6.45, 7) is 7.49. The van der Waals surface area contributed by atoms with Gasteiger partial charge in [0, 0.05) is 62.1 Å². The number of sulfonamides is 2. The third-order valence-corrected chi connectivity index (χ3v) is 27.0. The summed E-state index contributed by atoms with van der Waals surface area (Å²) in [4.78, 5) is 74.1. The van der Waals surface area contributed by atoms with Gasteiger partial charge in [-0.25, -0.2) is 31.8 Å². The van der Waals surface area contributed by atoms with E-state index in [1.807, 2.05) is 165 Å². The van der Waals surface area contributed by atoms with Crippen molar-refractivity contribution in [3.05, 3.63) is 255 Å². The molecule has 0 aliphatic carbocycles. The maximum absolute atomic E-state index is 13.8. The van der Waals surface area contributed by atoms with Gasteiger partial charge in [-0.3, -0.25) is 33.9 Å². The second-order valence-electron chi connectivity index (χ2n) is 27.7. The lowest BCUT2D eigenvalue weighted by molar-refractivity contribution is -0.138. The average Bonchev–Trinajstić information content (AvgIpc) is 1.58. The van der Waals surface area contributed by atoms with Gasteiger partial charge in [-0.15, -0.1) is 22.7 Å². The van der Waals surface area contributed by atoms with Crippen molar-refractivity contribution >= 4 is 89.9 Å². The molecule has 5 aliphatic heterocycles. The monoisotopic (exact) mass is 1520 g/mol. The Hall–Kier alpha value is -11.0. The molecule has 0 bridgehead atoms. The number of carbonyl (C=O) groups is 4. The molecule has 7 heterocycles. The number of hydrogen-bond donors (Lipinski definition) is 4. The molecule has 22 nitrogen and oxygen atoms in total. The normalized spacial score (nSPS) is 20.7. The van der Waals surface area contributed by atoms with Crippen LogP contribution in [-0.2, 0) is 62.4 Å². The van der Waals surface area contributed by atoms with E-state index in [1.54, 1.807) is 86.9 Å². The smallest absolute Gasteiger partial charge is 0.266 e. The molecule has 0 unspecified atom stereocenters. The predicted molar refractivity (Wildman–Crippen MR) is 421 cm³/mol. The van der Waals surface area contributed by atoms with Crippen LogP contribution in [0.2, 0.25) is 0 Å². The van der Waals surface area contributed by atoms with E-state index < -0.39 is 48.5 Å². The molecule has 4 amide bonds. The van der Waals surface area contributed by atoms with Crippen LogP contribution >= 0.6 is 22.7 Å². The third-order valence-electron chi connectivity index (χ3n) is 20.9. The lowest BCUT2D eigenvalue weighted by atomic mass is 9.71. The quantitative estimate of drug-likeness (QED) is 0.0659. The lowest BCUT2D eigenvalue weighted by Gasteiger charge is -2.45. The Bertz CT molecular complexity index is 4950. The highest BCUT2D eigenvalue weighted by atomic mass is 32.2. The zero-order valence-electron chi connectivity index (χ0n) is 60.5. The SMILES string of the molecule is CCCC(=O)Nc1ccc(CN2C(=O)C(c3ccccc3)(c3ccccc3)N=C2N)cc1.CN1C(=O)[C@@H](C2CCN(S(=O)(=O)c3ccccc3)CC2)[C@@](C)(c2cc(-c3cccc(C#N)c3)cs2)N=C1N.CN1C(=O)[C@H](C2CCN(S(=O)(=O)c3ccccc3)CC2)[C@@](C)(c2cc(-c3cccc(C#N)c3)cs2)N=C1N. The summed E-state index contributed by atoms with van der Waals surface area (Å²) in [5.74, 6) is -1.01. The minimum absolute atomic E-state index is 0.0122. The number of hydrogen-bond acceptors (Lipinski definition) is 18. The first kappa shape index (κ1) is 76.7. The Morgan fingerprint density at radius 2 is 0.926 bits per heavy atom. The second kappa shape index (κ2) is 32.2. The Labute approximate surface area is 638 Å². The van der Waals surface area contributed by atoms with Crippen molar-refractivity contribution < 1.29 is 36.0 Å². The molecule has 554 valence electrons. The molecular weight excluding hydrogens is 1440 g/mol. The maximum Gasteiger partial charge on any atom is 0.266 e. The van der Waals surface area contributed by atoms with Crippen LogP contribution in [0, 0.1) is 46.3 Å². The topological polar surface area (TPSA) is 328 Å². The van der Waals surface area contributed by atoms with Gasteiger partial charge < -0.3 is 22.5 Å². The number of anilines is 1. The number of piperidine rings is 2. The number of nitrogens with zero attached hydrogens (tertiary/aromatic N) is 10. The zero-order chi connectivity index (χ0) is 76.7. The number of guanidine groups is 3. The molecular formula is C82H84N14O8S4. The largest absolute Gasteiger partial charge is 0.369 e. The highest BCUT2D eigenvalue weighted by molar-refractivity contribution is 7.89. The van der Waals surface area contributed by atoms with Crippen molar-refractivity contribution in [2.75, 3.05) is 45.6 Å². The van der Waals surface area contributed by atoms with Gasteiger partial charge in [-0.2, -0.15) is 19.1 Å². The number of nitrogens with one attached hydrogen (secondary N) is 1. The average molecular weight is 1520 g/mol. The highest BCUT2D eigenvalue weighted by Crippen LogP contribution is 2.50. The number of thiophene rings is 2. The zero-order valence-corrected chi connectivity index (χ0v) is 63.7. The van der Waals surface area contributed by atoms with E-state index in [4.69, 9.17) is 32.2 Å².